The molecule has 2 fully saturated rings. The predicted octanol–water partition coefficient (Wildman–Crippen LogP) is 5.70. The van der Waals surface area contributed by atoms with Crippen molar-refractivity contribution in [3.63, 3.8) is 0 Å². The second-order valence-corrected chi connectivity index (χ2v) is 15.5. The Morgan fingerprint density at radius 3 is 2.49 bits per heavy atom. The highest BCUT2D eigenvalue weighted by molar-refractivity contribution is 7.87. The monoisotopic (exact) mass is 654 g/mol. The molecule has 3 aliphatic rings. The van der Waals surface area contributed by atoms with Crippen LogP contribution in [0.4, 0.5) is 0 Å². The summed E-state index contributed by atoms with van der Waals surface area (Å²) in [4.78, 5) is 29.2. The van der Waals surface area contributed by atoms with Gasteiger partial charge in [0, 0.05) is 68.2 Å². The van der Waals surface area contributed by atoms with Crippen molar-refractivity contribution in [3.05, 3.63) is 89.0 Å². The van der Waals surface area contributed by atoms with E-state index in [-0.39, 0.29) is 11.5 Å². The van der Waals surface area contributed by atoms with Crippen LogP contribution in [-0.2, 0) is 28.1 Å². The summed E-state index contributed by atoms with van der Waals surface area (Å²) < 4.78 is 36.3. The third-order valence-corrected chi connectivity index (χ3v) is 12.0. The third-order valence-electron chi connectivity index (χ3n) is 10.6. The van der Waals surface area contributed by atoms with Crippen molar-refractivity contribution >= 4 is 33.3 Å². The lowest BCUT2D eigenvalue weighted by molar-refractivity contribution is -0.117. The molecule has 1 saturated carbocycles. The Morgan fingerprint density at radius 2 is 1.79 bits per heavy atom. The normalized spacial score (nSPS) is 21.6. The van der Waals surface area contributed by atoms with Crippen LogP contribution in [0.25, 0.3) is 22.2 Å². The maximum atomic E-state index is 13.5. The number of benzene rings is 3. The van der Waals surface area contributed by atoms with Gasteiger partial charge in [0.15, 0.2) is 0 Å². The Kier molecular flexibility index (Phi) is 8.22. The van der Waals surface area contributed by atoms with Gasteiger partial charge < -0.3 is 14.1 Å². The number of methoxy groups -OCH3 is 1. The second-order valence-electron chi connectivity index (χ2n) is 13.6. The van der Waals surface area contributed by atoms with Crippen molar-refractivity contribution in [2.24, 2.45) is 5.41 Å². The first-order chi connectivity index (χ1) is 22.6. The van der Waals surface area contributed by atoms with Gasteiger partial charge in [-0.25, -0.2) is 4.72 Å². The zero-order valence-corrected chi connectivity index (χ0v) is 28.1. The van der Waals surface area contributed by atoms with Gasteiger partial charge in [-0.15, -0.1) is 0 Å². The smallest absolute Gasteiger partial charge is 0.303 e. The van der Waals surface area contributed by atoms with E-state index in [9.17, 15) is 18.0 Å². The number of aldehydes is 1. The van der Waals surface area contributed by atoms with Crippen LogP contribution in [0.15, 0.2) is 66.7 Å². The largest absolute Gasteiger partial charge is 0.497 e. The number of carbonyl (C=O) groups excluding carboxylic acids is 2. The van der Waals surface area contributed by atoms with E-state index >= 15 is 0 Å². The van der Waals surface area contributed by atoms with Crippen LogP contribution in [0.3, 0.4) is 0 Å². The van der Waals surface area contributed by atoms with Gasteiger partial charge in [0.2, 0.25) is 0 Å². The summed E-state index contributed by atoms with van der Waals surface area (Å²) in [6.07, 6.45) is 6.85. The van der Waals surface area contributed by atoms with Crippen molar-refractivity contribution in [1.29, 1.82) is 0 Å². The minimum atomic E-state index is -3.97. The first-order valence-electron chi connectivity index (χ1n) is 16.5. The lowest BCUT2D eigenvalue weighted by atomic mass is 9.74. The number of nitrogens with one attached hydrogen (secondary N) is 1. The molecule has 2 atom stereocenters. The first kappa shape index (κ1) is 31.6. The summed E-state index contributed by atoms with van der Waals surface area (Å²) >= 11 is 0. The fourth-order valence-corrected chi connectivity index (χ4v) is 8.76. The average molecular weight is 655 g/mol. The second kappa shape index (κ2) is 12.2. The number of aromatic nitrogens is 1. The molecule has 2 aliphatic heterocycles. The van der Waals surface area contributed by atoms with Crippen LogP contribution < -0.4 is 9.46 Å². The van der Waals surface area contributed by atoms with Crippen molar-refractivity contribution < 1.29 is 22.7 Å². The van der Waals surface area contributed by atoms with Gasteiger partial charge in [-0.1, -0.05) is 55.7 Å². The maximum Gasteiger partial charge on any atom is 0.303 e. The molecule has 2 unspecified atom stereocenters. The lowest BCUT2D eigenvalue weighted by Gasteiger charge is -2.29. The molecule has 10 heteroatoms. The van der Waals surface area contributed by atoms with E-state index < -0.39 is 21.5 Å². The van der Waals surface area contributed by atoms with E-state index in [0.29, 0.717) is 19.0 Å². The summed E-state index contributed by atoms with van der Waals surface area (Å²) in [5.41, 5.74) is 6.15. The average Bonchev–Trinajstić information content (AvgIpc) is 3.56. The van der Waals surface area contributed by atoms with Gasteiger partial charge in [0.1, 0.15) is 12.0 Å². The molecule has 0 radical (unpaired) electrons. The first-order valence-corrected chi connectivity index (χ1v) is 17.9. The molecule has 246 valence electrons. The van der Waals surface area contributed by atoms with Gasteiger partial charge in [0.05, 0.1) is 18.2 Å². The number of rotatable bonds is 8. The van der Waals surface area contributed by atoms with E-state index in [1.54, 1.807) is 13.2 Å². The van der Waals surface area contributed by atoms with Crippen LogP contribution in [-0.4, -0.2) is 68.7 Å². The number of carbonyl (C=O) groups is 2. The highest BCUT2D eigenvalue weighted by Crippen LogP contribution is 2.54. The van der Waals surface area contributed by atoms with Crippen molar-refractivity contribution in [2.45, 2.75) is 57.0 Å². The molecule has 47 heavy (non-hydrogen) atoms. The SMILES string of the molecule is COc1ccc2c(c1)C1CN(Cc3ccccc3)CC1(C=O)Cn1c-2c(C2CCCCC2)c2ccc(C(=O)NS(=O)(=O)N(C)C)cc21. The molecule has 3 heterocycles. The van der Waals surface area contributed by atoms with Crippen LogP contribution in [0.1, 0.15) is 71.0 Å². The van der Waals surface area contributed by atoms with Gasteiger partial charge in [0.25, 0.3) is 5.91 Å². The fourth-order valence-electron chi connectivity index (χ4n) is 8.23. The van der Waals surface area contributed by atoms with Gasteiger partial charge in [-0.2, -0.15) is 12.7 Å². The zero-order valence-electron chi connectivity index (χ0n) is 27.2. The number of ether oxygens (including phenoxy) is 1. The van der Waals surface area contributed by atoms with Crippen LogP contribution >= 0.6 is 0 Å². The molecule has 0 spiro atoms. The van der Waals surface area contributed by atoms with E-state index in [1.165, 1.54) is 31.6 Å². The summed E-state index contributed by atoms with van der Waals surface area (Å²) in [6, 6.07) is 22.1. The summed E-state index contributed by atoms with van der Waals surface area (Å²) in [5, 5.41) is 1.05. The van der Waals surface area contributed by atoms with Crippen LogP contribution in [0, 0.1) is 5.41 Å². The Hall–Kier alpha value is -3.99. The van der Waals surface area contributed by atoms with Crippen molar-refractivity contribution in [2.75, 3.05) is 34.3 Å². The molecule has 0 bridgehead atoms. The molecular formula is C37H42N4O5S. The fraction of sp³-hybridized carbons (Fsp3) is 0.405. The quantitative estimate of drug-likeness (QED) is 0.245. The number of fused-ring (bicyclic) bond motifs is 7. The molecule has 9 nitrogen and oxygen atoms in total. The Labute approximate surface area is 276 Å². The number of likely N-dealkylation sites (tertiary alicyclic amines) is 1. The van der Waals surface area contributed by atoms with Crippen LogP contribution in [0.2, 0.25) is 0 Å². The van der Waals surface area contributed by atoms with E-state index in [1.807, 2.05) is 36.4 Å². The van der Waals surface area contributed by atoms with E-state index in [0.717, 1.165) is 82.8 Å². The topological polar surface area (TPSA) is 101 Å². The molecule has 1 N–H and O–H groups in total. The Morgan fingerprint density at radius 1 is 1.02 bits per heavy atom. The van der Waals surface area contributed by atoms with Gasteiger partial charge in [-0.3, -0.25) is 9.69 Å². The summed E-state index contributed by atoms with van der Waals surface area (Å²) in [7, 11) is 0.464. The molecule has 7 rings (SSSR count). The lowest BCUT2D eigenvalue weighted by Crippen LogP contribution is -2.39. The number of hydrogen-bond donors (Lipinski definition) is 1. The van der Waals surface area contributed by atoms with Gasteiger partial charge in [-0.05, 0) is 65.8 Å². The number of amides is 1. The maximum absolute atomic E-state index is 13.5. The highest BCUT2D eigenvalue weighted by Gasteiger charge is 2.51. The van der Waals surface area contributed by atoms with Crippen LogP contribution in [0.5, 0.6) is 5.75 Å². The van der Waals surface area contributed by atoms with Crippen molar-refractivity contribution in [3.8, 4) is 17.0 Å². The van der Waals surface area contributed by atoms with Crippen molar-refractivity contribution in [1.82, 2.24) is 18.5 Å². The molecule has 1 saturated heterocycles. The number of hydrogen-bond acceptors (Lipinski definition) is 6. The van der Waals surface area contributed by atoms with E-state index in [2.05, 4.69) is 38.5 Å². The Balaban J connectivity index is 1.43. The summed E-state index contributed by atoms with van der Waals surface area (Å²) in [6.45, 7) is 2.50. The minimum absolute atomic E-state index is 0.0697. The molecule has 4 aromatic rings. The third kappa shape index (κ3) is 5.56. The Bertz CT molecular complexity index is 1950. The molecular weight excluding hydrogens is 612 g/mol. The highest BCUT2D eigenvalue weighted by atomic mass is 32.2. The standard InChI is InChI=1S/C37H42N4O5S/c1-39(2)47(44,45)38-36(43)27-14-16-30-33(18-27)41-23-37(24-42)22-40(20-25-10-6-4-7-11-25)21-32(37)31-19-28(46-3)15-17-29(31)35(41)34(30)26-12-8-5-9-13-26/h4,6-7,10-11,14-19,24,26,32H,5,8-9,12-13,20-23H2,1-3H3,(H,38,43). The molecule has 1 amide bonds. The molecule has 3 aromatic carbocycles. The van der Waals surface area contributed by atoms with E-state index in [4.69, 9.17) is 4.74 Å². The van der Waals surface area contributed by atoms with Gasteiger partial charge >= 0.3 is 10.2 Å². The predicted molar refractivity (Wildman–Crippen MR) is 183 cm³/mol. The molecule has 1 aliphatic carbocycles. The summed E-state index contributed by atoms with van der Waals surface area (Å²) in [5.74, 6) is 0.340. The minimum Gasteiger partial charge on any atom is -0.497 e. The zero-order chi connectivity index (χ0) is 32.9. The molecule has 1 aromatic heterocycles. The number of nitrogens with zero attached hydrogens (tertiary/aromatic N) is 3.